The fourth-order valence-corrected chi connectivity index (χ4v) is 2.61. The van der Waals surface area contributed by atoms with Gasteiger partial charge in [0.25, 0.3) is 5.91 Å². The monoisotopic (exact) mass is 292 g/mol. The number of piperidine rings is 1. The van der Waals surface area contributed by atoms with Crippen molar-refractivity contribution in [2.24, 2.45) is 11.7 Å². The quantitative estimate of drug-likeness (QED) is 0.824. The Morgan fingerprint density at radius 2 is 2.29 bits per heavy atom. The number of hydrogen-bond donors (Lipinski definition) is 1. The van der Waals surface area contributed by atoms with Crippen molar-refractivity contribution in [3.05, 3.63) is 23.8 Å². The third-order valence-electron chi connectivity index (χ3n) is 3.61. The van der Waals surface area contributed by atoms with Crippen LogP contribution in [0.4, 0.5) is 0 Å². The average molecular weight is 292 g/mol. The van der Waals surface area contributed by atoms with Crippen molar-refractivity contribution in [2.45, 2.75) is 19.3 Å². The van der Waals surface area contributed by atoms with E-state index in [1.807, 2.05) is 4.90 Å². The molecule has 1 saturated heterocycles. The van der Waals surface area contributed by atoms with E-state index in [1.54, 1.807) is 6.07 Å². The van der Waals surface area contributed by atoms with Gasteiger partial charge in [-0.05, 0) is 31.2 Å². The summed E-state index contributed by atoms with van der Waals surface area (Å²) in [7, 11) is 1.52. The molecule has 1 atom stereocenters. The number of methoxy groups -OCH3 is 1. The molecule has 7 nitrogen and oxygen atoms in total. The second-order valence-corrected chi connectivity index (χ2v) is 5.24. The van der Waals surface area contributed by atoms with Crippen molar-refractivity contribution in [3.8, 4) is 0 Å². The highest BCUT2D eigenvalue weighted by Crippen LogP contribution is 2.20. The van der Waals surface area contributed by atoms with Gasteiger partial charge in [-0.15, -0.1) is 0 Å². The normalized spacial score (nSPS) is 18.5. The van der Waals surface area contributed by atoms with Crippen molar-refractivity contribution in [1.29, 1.82) is 0 Å². The van der Waals surface area contributed by atoms with Gasteiger partial charge in [0.2, 0.25) is 5.91 Å². The van der Waals surface area contributed by atoms with E-state index in [0.717, 1.165) is 25.1 Å². The van der Waals surface area contributed by atoms with Crippen LogP contribution in [0.1, 0.15) is 29.0 Å². The van der Waals surface area contributed by atoms with E-state index >= 15 is 0 Å². The van der Waals surface area contributed by atoms with Crippen LogP contribution in [0.2, 0.25) is 0 Å². The Balaban J connectivity index is 1.97. The van der Waals surface area contributed by atoms with Gasteiger partial charge in [-0.25, -0.2) is 9.97 Å². The van der Waals surface area contributed by atoms with Gasteiger partial charge < -0.3 is 15.4 Å². The van der Waals surface area contributed by atoms with Gasteiger partial charge in [0.05, 0.1) is 0 Å². The minimum atomic E-state index is -0.556. The highest BCUT2D eigenvalue weighted by atomic mass is 16.5. The van der Waals surface area contributed by atoms with E-state index in [4.69, 9.17) is 10.5 Å². The maximum Gasteiger partial charge on any atom is 0.267 e. The first-order valence-electron chi connectivity index (χ1n) is 6.97. The number of rotatable bonds is 5. The Bertz CT molecular complexity index is 521. The molecule has 0 unspecified atom stereocenters. The second kappa shape index (κ2) is 7.12. The Hall–Kier alpha value is -2.02. The lowest BCUT2D eigenvalue weighted by Gasteiger charge is -2.32. The predicted octanol–water partition coefficient (Wildman–Crippen LogP) is 0.00300. The molecule has 1 fully saturated rings. The van der Waals surface area contributed by atoms with Crippen molar-refractivity contribution in [3.63, 3.8) is 0 Å². The van der Waals surface area contributed by atoms with E-state index < -0.39 is 5.91 Å². The fraction of sp³-hybridized carbons (Fsp3) is 0.571. The minimum Gasteiger partial charge on any atom is -0.375 e. The topological polar surface area (TPSA) is 98.4 Å². The number of nitrogens with zero attached hydrogens (tertiary/aromatic N) is 3. The second-order valence-electron chi connectivity index (χ2n) is 5.24. The molecule has 21 heavy (non-hydrogen) atoms. The lowest BCUT2D eigenvalue weighted by atomic mass is 9.93. The number of ether oxygens (including phenoxy) is 1. The van der Waals surface area contributed by atoms with Crippen LogP contribution in [-0.4, -0.2) is 53.5 Å². The first kappa shape index (κ1) is 15.4. The lowest BCUT2D eigenvalue weighted by molar-refractivity contribution is -0.136. The van der Waals surface area contributed by atoms with Gasteiger partial charge >= 0.3 is 0 Å². The van der Waals surface area contributed by atoms with E-state index in [1.165, 1.54) is 13.4 Å². The smallest absolute Gasteiger partial charge is 0.267 e. The van der Waals surface area contributed by atoms with Gasteiger partial charge in [0.1, 0.15) is 18.6 Å². The Morgan fingerprint density at radius 3 is 3.00 bits per heavy atom. The van der Waals surface area contributed by atoms with Gasteiger partial charge in [-0.2, -0.15) is 0 Å². The summed E-state index contributed by atoms with van der Waals surface area (Å²) in [4.78, 5) is 32.8. The number of hydrogen-bond acceptors (Lipinski definition) is 5. The highest BCUT2D eigenvalue weighted by molar-refractivity contribution is 5.90. The molecule has 2 amide bonds. The van der Waals surface area contributed by atoms with Crippen LogP contribution in [0.25, 0.3) is 0 Å². The van der Waals surface area contributed by atoms with Crippen LogP contribution in [0.3, 0.4) is 0 Å². The number of primary amides is 1. The maximum absolute atomic E-state index is 11.9. The molecule has 0 saturated carbocycles. The van der Waals surface area contributed by atoms with Crippen LogP contribution in [0.15, 0.2) is 12.4 Å². The SMILES string of the molecule is COCC(=O)N1CCC[C@@H](Cc2cc(C(N)=O)ncn2)C1. The molecular weight excluding hydrogens is 272 g/mol. The summed E-state index contributed by atoms with van der Waals surface area (Å²) < 4.78 is 4.89. The molecular formula is C14H20N4O3. The van der Waals surface area contributed by atoms with Crippen LogP contribution in [0, 0.1) is 5.92 Å². The molecule has 0 aromatic carbocycles. The molecule has 2 N–H and O–H groups in total. The molecule has 1 aromatic heterocycles. The van der Waals surface area contributed by atoms with Gasteiger partial charge in [0.15, 0.2) is 0 Å². The lowest BCUT2D eigenvalue weighted by Crippen LogP contribution is -2.42. The molecule has 0 spiro atoms. The van der Waals surface area contributed by atoms with Crippen LogP contribution >= 0.6 is 0 Å². The fourth-order valence-electron chi connectivity index (χ4n) is 2.61. The number of likely N-dealkylation sites (tertiary alicyclic amines) is 1. The first-order valence-corrected chi connectivity index (χ1v) is 6.97. The Morgan fingerprint density at radius 1 is 1.48 bits per heavy atom. The minimum absolute atomic E-state index is 0.0164. The zero-order chi connectivity index (χ0) is 15.2. The summed E-state index contributed by atoms with van der Waals surface area (Å²) >= 11 is 0. The van der Waals surface area contributed by atoms with Gasteiger partial charge in [-0.1, -0.05) is 0 Å². The third-order valence-corrected chi connectivity index (χ3v) is 3.61. The Labute approximate surface area is 123 Å². The predicted molar refractivity (Wildman–Crippen MR) is 75.4 cm³/mol. The summed E-state index contributed by atoms with van der Waals surface area (Å²) in [6.45, 7) is 1.58. The van der Waals surface area contributed by atoms with Gasteiger partial charge in [-0.3, -0.25) is 9.59 Å². The summed E-state index contributed by atoms with van der Waals surface area (Å²) in [5.41, 5.74) is 6.22. The third kappa shape index (κ3) is 4.22. The molecule has 1 aliphatic heterocycles. The summed E-state index contributed by atoms with van der Waals surface area (Å²) in [5, 5.41) is 0. The van der Waals surface area contributed by atoms with E-state index in [9.17, 15) is 9.59 Å². The van der Waals surface area contributed by atoms with E-state index in [0.29, 0.717) is 18.9 Å². The Kier molecular flexibility index (Phi) is 5.21. The first-order chi connectivity index (χ1) is 10.1. The largest absolute Gasteiger partial charge is 0.375 e. The number of aromatic nitrogens is 2. The number of nitrogens with two attached hydrogens (primary N) is 1. The summed E-state index contributed by atoms with van der Waals surface area (Å²) in [6.07, 6.45) is 4.06. The molecule has 1 aromatic rings. The van der Waals surface area contributed by atoms with Crippen LogP contribution < -0.4 is 5.73 Å². The molecule has 0 bridgehead atoms. The molecule has 0 radical (unpaired) electrons. The average Bonchev–Trinajstić information content (AvgIpc) is 2.48. The molecule has 2 heterocycles. The van der Waals surface area contributed by atoms with Crippen LogP contribution in [0.5, 0.6) is 0 Å². The molecule has 2 rings (SSSR count). The van der Waals surface area contributed by atoms with Crippen LogP contribution in [-0.2, 0) is 16.0 Å². The highest BCUT2D eigenvalue weighted by Gasteiger charge is 2.24. The summed E-state index contributed by atoms with van der Waals surface area (Å²) in [6, 6.07) is 1.62. The standard InChI is InChI=1S/C14H20N4O3/c1-21-8-13(19)18-4-2-3-10(7-18)5-11-6-12(14(15)20)17-9-16-11/h6,9-10H,2-5,7-8H2,1H3,(H2,15,20)/t10-/m0/s1. The summed E-state index contributed by atoms with van der Waals surface area (Å²) in [5.74, 6) is -0.211. The number of amides is 2. The molecule has 1 aliphatic rings. The number of carbonyl (C=O) groups is 2. The van der Waals surface area contributed by atoms with Gasteiger partial charge in [0, 0.05) is 25.9 Å². The maximum atomic E-state index is 11.9. The van der Waals surface area contributed by atoms with Crippen molar-refractivity contribution >= 4 is 11.8 Å². The van der Waals surface area contributed by atoms with Crippen molar-refractivity contribution in [1.82, 2.24) is 14.9 Å². The molecule has 7 heteroatoms. The molecule has 0 aliphatic carbocycles. The van der Waals surface area contributed by atoms with E-state index in [2.05, 4.69) is 9.97 Å². The zero-order valence-electron chi connectivity index (χ0n) is 12.1. The number of carbonyl (C=O) groups excluding carboxylic acids is 2. The molecule has 114 valence electrons. The zero-order valence-corrected chi connectivity index (χ0v) is 12.1. The van der Waals surface area contributed by atoms with E-state index in [-0.39, 0.29) is 18.2 Å². The van der Waals surface area contributed by atoms with Crippen molar-refractivity contribution in [2.75, 3.05) is 26.8 Å². The van der Waals surface area contributed by atoms with Crippen molar-refractivity contribution < 1.29 is 14.3 Å².